The quantitative estimate of drug-likeness (QED) is 0.744. The van der Waals surface area contributed by atoms with E-state index in [-0.39, 0.29) is 0 Å². The Hall–Kier alpha value is -0.480. The van der Waals surface area contributed by atoms with Gasteiger partial charge in [-0.05, 0) is 18.2 Å². The first kappa shape index (κ1) is 8.13. The number of aromatic nitrogens is 2. The Balaban J connectivity index is 2.19. The lowest BCUT2D eigenvalue weighted by molar-refractivity contribution is 0.482. The first-order chi connectivity index (χ1) is 5.92. The van der Waals surface area contributed by atoms with Crippen molar-refractivity contribution in [3.05, 3.63) is 18.0 Å². The normalized spacial score (nSPS) is 23.2. The molecule has 0 amide bonds. The second kappa shape index (κ2) is 3.49. The second-order valence-electron chi connectivity index (χ2n) is 2.99. The summed E-state index contributed by atoms with van der Waals surface area (Å²) in [7, 11) is 0. The topological polar surface area (TPSA) is 43.8 Å². The zero-order valence-corrected chi connectivity index (χ0v) is 7.76. The van der Waals surface area contributed by atoms with Crippen LogP contribution in [0.2, 0.25) is 0 Å². The number of rotatable bonds is 2. The maximum absolute atomic E-state index is 5.60. The maximum Gasteiger partial charge on any atom is 0.0621 e. The molecule has 1 aliphatic rings. The fourth-order valence-electron chi connectivity index (χ4n) is 1.55. The molecule has 1 aromatic rings. The van der Waals surface area contributed by atoms with E-state index in [2.05, 4.69) is 9.78 Å². The van der Waals surface area contributed by atoms with Gasteiger partial charge >= 0.3 is 0 Å². The standard InChI is InChI=1S/C8H13N3S/c9-5-7-1-3-10-11(7)8-2-4-12-6-8/h1,3,8H,2,4-6,9H2. The van der Waals surface area contributed by atoms with Crippen molar-refractivity contribution in [2.24, 2.45) is 5.73 Å². The van der Waals surface area contributed by atoms with Crippen LogP contribution in [0.15, 0.2) is 12.3 Å². The van der Waals surface area contributed by atoms with Crippen molar-refractivity contribution < 1.29 is 0 Å². The van der Waals surface area contributed by atoms with Crippen molar-refractivity contribution in [2.45, 2.75) is 19.0 Å². The summed E-state index contributed by atoms with van der Waals surface area (Å²) in [6, 6.07) is 2.59. The smallest absolute Gasteiger partial charge is 0.0621 e. The second-order valence-corrected chi connectivity index (χ2v) is 4.14. The summed E-state index contributed by atoms with van der Waals surface area (Å²) in [5.74, 6) is 2.45. The monoisotopic (exact) mass is 183 g/mol. The lowest BCUT2D eigenvalue weighted by Crippen LogP contribution is -2.14. The summed E-state index contributed by atoms with van der Waals surface area (Å²) in [5.41, 5.74) is 6.75. The molecule has 0 spiro atoms. The van der Waals surface area contributed by atoms with Crippen molar-refractivity contribution in [3.63, 3.8) is 0 Å². The van der Waals surface area contributed by atoms with Gasteiger partial charge < -0.3 is 5.73 Å². The number of hydrogen-bond acceptors (Lipinski definition) is 3. The zero-order chi connectivity index (χ0) is 8.39. The summed E-state index contributed by atoms with van der Waals surface area (Å²) in [6.45, 7) is 0.598. The Bertz CT molecular complexity index is 253. The van der Waals surface area contributed by atoms with E-state index in [0.717, 1.165) is 5.69 Å². The van der Waals surface area contributed by atoms with E-state index in [1.807, 2.05) is 24.0 Å². The van der Waals surface area contributed by atoms with Gasteiger partial charge in [0.25, 0.3) is 0 Å². The third-order valence-corrected chi connectivity index (χ3v) is 3.36. The molecular formula is C8H13N3S. The van der Waals surface area contributed by atoms with Crippen LogP contribution in [0.5, 0.6) is 0 Å². The Morgan fingerprint density at radius 2 is 2.67 bits per heavy atom. The highest BCUT2D eigenvalue weighted by Gasteiger charge is 2.19. The zero-order valence-electron chi connectivity index (χ0n) is 6.94. The van der Waals surface area contributed by atoms with Crippen LogP contribution in [0.4, 0.5) is 0 Å². The highest BCUT2D eigenvalue weighted by atomic mass is 32.2. The van der Waals surface area contributed by atoms with Gasteiger partial charge in [-0.3, -0.25) is 4.68 Å². The highest BCUT2D eigenvalue weighted by molar-refractivity contribution is 7.99. The van der Waals surface area contributed by atoms with Crippen LogP contribution in [-0.4, -0.2) is 21.3 Å². The van der Waals surface area contributed by atoms with Crippen LogP contribution >= 0.6 is 11.8 Å². The molecule has 2 heterocycles. The third kappa shape index (κ3) is 1.36. The molecule has 66 valence electrons. The van der Waals surface area contributed by atoms with Gasteiger partial charge in [-0.25, -0.2) is 0 Å². The van der Waals surface area contributed by atoms with E-state index >= 15 is 0 Å². The molecule has 0 radical (unpaired) electrons. The predicted octanol–water partition coefficient (Wildman–Crippen LogP) is 1.02. The Labute approximate surface area is 76.3 Å². The molecule has 2 N–H and O–H groups in total. The van der Waals surface area contributed by atoms with Gasteiger partial charge in [0.05, 0.1) is 11.7 Å². The van der Waals surface area contributed by atoms with Crippen molar-refractivity contribution in [1.29, 1.82) is 0 Å². The molecule has 3 nitrogen and oxygen atoms in total. The molecule has 1 atom stereocenters. The van der Waals surface area contributed by atoms with E-state index in [1.165, 1.54) is 17.9 Å². The van der Waals surface area contributed by atoms with Crippen LogP contribution in [0.25, 0.3) is 0 Å². The lowest BCUT2D eigenvalue weighted by Gasteiger charge is -2.11. The van der Waals surface area contributed by atoms with Gasteiger partial charge in [0, 0.05) is 18.5 Å². The molecule has 1 aliphatic heterocycles. The molecule has 4 heteroatoms. The van der Waals surface area contributed by atoms with Crippen molar-refractivity contribution in [2.75, 3.05) is 11.5 Å². The largest absolute Gasteiger partial charge is 0.325 e. The SMILES string of the molecule is NCc1ccnn1C1CCSC1. The predicted molar refractivity (Wildman–Crippen MR) is 51.1 cm³/mol. The van der Waals surface area contributed by atoms with Crippen LogP contribution in [-0.2, 0) is 6.54 Å². The summed E-state index contributed by atoms with van der Waals surface area (Å²) in [4.78, 5) is 0. The summed E-state index contributed by atoms with van der Waals surface area (Å²) < 4.78 is 2.08. The van der Waals surface area contributed by atoms with E-state index in [0.29, 0.717) is 12.6 Å². The highest BCUT2D eigenvalue weighted by Crippen LogP contribution is 2.27. The Morgan fingerprint density at radius 1 is 1.75 bits per heavy atom. The number of hydrogen-bond donors (Lipinski definition) is 1. The minimum Gasteiger partial charge on any atom is -0.325 e. The first-order valence-electron chi connectivity index (χ1n) is 4.22. The molecule has 12 heavy (non-hydrogen) atoms. The van der Waals surface area contributed by atoms with Gasteiger partial charge in [0.15, 0.2) is 0 Å². The first-order valence-corrected chi connectivity index (χ1v) is 5.37. The molecule has 1 aromatic heterocycles. The average molecular weight is 183 g/mol. The Morgan fingerprint density at radius 3 is 3.33 bits per heavy atom. The fraction of sp³-hybridized carbons (Fsp3) is 0.625. The van der Waals surface area contributed by atoms with E-state index < -0.39 is 0 Å². The van der Waals surface area contributed by atoms with Crippen LogP contribution in [0.1, 0.15) is 18.2 Å². The van der Waals surface area contributed by atoms with Crippen molar-refractivity contribution >= 4 is 11.8 Å². The van der Waals surface area contributed by atoms with Gasteiger partial charge in [0.1, 0.15) is 0 Å². The van der Waals surface area contributed by atoms with Gasteiger partial charge in [-0.2, -0.15) is 16.9 Å². The van der Waals surface area contributed by atoms with Gasteiger partial charge in [-0.1, -0.05) is 0 Å². The number of nitrogens with zero attached hydrogens (tertiary/aromatic N) is 2. The summed E-state index contributed by atoms with van der Waals surface area (Å²) in [5, 5.41) is 4.29. The summed E-state index contributed by atoms with van der Waals surface area (Å²) >= 11 is 2.00. The van der Waals surface area contributed by atoms with Gasteiger partial charge in [0.2, 0.25) is 0 Å². The Kier molecular flexibility index (Phi) is 2.37. The van der Waals surface area contributed by atoms with Gasteiger partial charge in [-0.15, -0.1) is 0 Å². The molecule has 1 fully saturated rings. The molecular weight excluding hydrogens is 170 g/mol. The minimum atomic E-state index is 0.587. The maximum atomic E-state index is 5.60. The molecule has 0 aromatic carbocycles. The lowest BCUT2D eigenvalue weighted by atomic mass is 10.2. The average Bonchev–Trinajstić information content (AvgIpc) is 2.74. The number of nitrogens with two attached hydrogens (primary N) is 1. The third-order valence-electron chi connectivity index (χ3n) is 2.21. The molecule has 0 saturated carbocycles. The van der Waals surface area contributed by atoms with E-state index in [9.17, 15) is 0 Å². The van der Waals surface area contributed by atoms with Crippen LogP contribution in [0.3, 0.4) is 0 Å². The number of thioether (sulfide) groups is 1. The van der Waals surface area contributed by atoms with E-state index in [4.69, 9.17) is 5.73 Å². The minimum absolute atomic E-state index is 0.587. The molecule has 0 bridgehead atoms. The molecule has 0 aliphatic carbocycles. The molecule has 2 rings (SSSR count). The van der Waals surface area contributed by atoms with E-state index in [1.54, 1.807) is 0 Å². The van der Waals surface area contributed by atoms with Crippen molar-refractivity contribution in [3.8, 4) is 0 Å². The molecule has 1 saturated heterocycles. The molecule has 1 unspecified atom stereocenters. The van der Waals surface area contributed by atoms with Crippen LogP contribution in [0, 0.1) is 0 Å². The fourth-order valence-corrected chi connectivity index (χ4v) is 2.73. The van der Waals surface area contributed by atoms with Crippen LogP contribution < -0.4 is 5.73 Å². The van der Waals surface area contributed by atoms with Crippen molar-refractivity contribution in [1.82, 2.24) is 9.78 Å². The summed E-state index contributed by atoms with van der Waals surface area (Å²) in [6.07, 6.45) is 3.07.